The van der Waals surface area contributed by atoms with Gasteiger partial charge in [0.2, 0.25) is 11.1 Å². The number of rotatable bonds is 6. The summed E-state index contributed by atoms with van der Waals surface area (Å²) in [6.45, 7) is 1.47. The van der Waals surface area contributed by atoms with Crippen LogP contribution in [0.3, 0.4) is 0 Å². The van der Waals surface area contributed by atoms with Crippen molar-refractivity contribution in [1.82, 2.24) is 4.98 Å². The summed E-state index contributed by atoms with van der Waals surface area (Å²) in [4.78, 5) is 16.9. The van der Waals surface area contributed by atoms with Crippen molar-refractivity contribution < 1.29 is 22.8 Å². The third kappa shape index (κ3) is 4.90. The van der Waals surface area contributed by atoms with Crippen LogP contribution in [0.15, 0.2) is 83.6 Å². The van der Waals surface area contributed by atoms with Gasteiger partial charge >= 0.3 is 0 Å². The normalized spacial score (nSPS) is 12.8. The summed E-state index contributed by atoms with van der Waals surface area (Å²) >= 11 is -1.90. The number of allylic oxidation sites excluding steroid dienone is 1. The molecule has 0 spiro atoms. The molecule has 0 aliphatic carbocycles. The molecule has 0 bridgehead atoms. The Hall–Kier alpha value is -4.12. The van der Waals surface area contributed by atoms with Gasteiger partial charge in [0.25, 0.3) is 5.91 Å². The first-order valence-corrected chi connectivity index (χ1v) is 11.4. The van der Waals surface area contributed by atoms with E-state index in [0.717, 1.165) is 5.39 Å². The van der Waals surface area contributed by atoms with E-state index >= 15 is 0 Å². The fourth-order valence-electron chi connectivity index (χ4n) is 3.61. The predicted molar refractivity (Wildman–Crippen MR) is 134 cm³/mol. The second kappa shape index (κ2) is 10.0. The maximum absolute atomic E-state index is 15.0. The lowest BCUT2D eigenvalue weighted by molar-refractivity contribution is -0.114. The minimum absolute atomic E-state index is 0.00216. The lowest BCUT2D eigenvalue weighted by atomic mass is 10.0. The minimum atomic E-state index is -1.90. The van der Waals surface area contributed by atoms with Gasteiger partial charge in [-0.15, -0.1) is 0 Å². The van der Waals surface area contributed by atoms with Crippen LogP contribution in [-0.2, 0) is 20.2 Å². The first-order valence-electron chi connectivity index (χ1n) is 10.3. The fraction of sp³-hybridized carbons (Fsp3) is 0.0400. The number of hydrogen-bond acceptors (Lipinski definition) is 7. The molecule has 3 aromatic carbocycles. The van der Waals surface area contributed by atoms with Gasteiger partial charge in [0, 0.05) is 17.1 Å². The number of hydrogen-bond donors (Lipinski definition) is 4. The molecule has 4 rings (SSSR count). The number of nitrogens with two attached hydrogens (primary N) is 2. The topological polar surface area (TPSA) is 141 Å². The second-order valence-corrected chi connectivity index (χ2v) is 8.69. The average Bonchev–Trinajstić information content (AvgIpc) is 2.88. The number of halogens is 1. The number of aromatic hydroxyl groups is 1. The Morgan fingerprint density at radius 3 is 2.63 bits per heavy atom. The zero-order chi connectivity index (χ0) is 25.1. The summed E-state index contributed by atoms with van der Waals surface area (Å²) in [5, 5.41) is 14.3. The molecule has 178 valence electrons. The van der Waals surface area contributed by atoms with Crippen molar-refractivity contribution in [2.24, 2.45) is 5.90 Å². The third-order valence-corrected chi connectivity index (χ3v) is 6.36. The van der Waals surface area contributed by atoms with Gasteiger partial charge in [-0.1, -0.05) is 36.4 Å². The largest absolute Gasteiger partial charge is 0.506 e. The Balaban J connectivity index is 1.60. The quantitative estimate of drug-likeness (QED) is 0.177. The summed E-state index contributed by atoms with van der Waals surface area (Å²) in [5.74, 6) is 3.00. The number of carbonyl (C=O) groups excluding carboxylic acids is 1. The minimum Gasteiger partial charge on any atom is -0.506 e. The van der Waals surface area contributed by atoms with Crippen LogP contribution in [0.25, 0.3) is 27.5 Å². The number of nitrogen functional groups attached to an aromatic ring is 1. The van der Waals surface area contributed by atoms with Gasteiger partial charge < -0.3 is 16.2 Å². The molecule has 0 fully saturated rings. The summed E-state index contributed by atoms with van der Waals surface area (Å²) in [6, 6.07) is 17.9. The van der Waals surface area contributed by atoms with Crippen molar-refractivity contribution in [2.45, 2.75) is 11.8 Å². The number of carbonyl (C=O) groups is 1. The Bertz CT molecular complexity index is 1510. The summed E-state index contributed by atoms with van der Waals surface area (Å²) in [5.41, 5.74) is 7.49. The molecule has 1 aromatic heterocycles. The molecule has 0 aliphatic rings. The van der Waals surface area contributed by atoms with Crippen LogP contribution in [0.5, 0.6) is 5.75 Å². The van der Waals surface area contributed by atoms with E-state index in [2.05, 4.69) is 14.6 Å². The molecule has 1 unspecified atom stereocenters. The number of nitrogens with one attached hydrogen (secondary N) is 1. The third-order valence-electron chi connectivity index (χ3n) is 5.47. The standard InChI is InChI=1S/C25H21FN4O4S/c1-14(16-7-6-15-10-11-29-24(27)19(15)12-16)23(26)25(32)30-20-9-8-17(13-21(20)31)18-4-2-3-5-22(18)35(33)34-28/h2-13,31H,28H2,1H3,(H2,27,29)(H,30,32)/b23-14+. The molecule has 0 radical (unpaired) electrons. The van der Waals surface area contributed by atoms with Crippen LogP contribution in [-0.4, -0.2) is 20.2 Å². The molecule has 1 amide bonds. The smallest absolute Gasteiger partial charge is 0.284 e. The second-order valence-electron chi connectivity index (χ2n) is 7.58. The number of nitrogens with zero attached hydrogens (tertiary/aromatic N) is 1. The monoisotopic (exact) mass is 492 g/mol. The molecule has 0 saturated carbocycles. The number of phenols is 1. The highest BCUT2D eigenvalue weighted by Crippen LogP contribution is 2.34. The molecule has 1 atom stereocenters. The number of phenolic OH excluding ortho intramolecular Hbond substituents is 1. The van der Waals surface area contributed by atoms with Gasteiger partial charge in [-0.05, 0) is 59.3 Å². The molecule has 8 nitrogen and oxygen atoms in total. The number of aromatic nitrogens is 1. The van der Waals surface area contributed by atoms with Crippen molar-refractivity contribution in [1.29, 1.82) is 0 Å². The van der Waals surface area contributed by atoms with Crippen LogP contribution in [0.4, 0.5) is 15.9 Å². The molecular weight excluding hydrogens is 471 g/mol. The molecule has 0 saturated heterocycles. The zero-order valence-corrected chi connectivity index (χ0v) is 19.3. The fourth-order valence-corrected chi connectivity index (χ4v) is 4.26. The Morgan fingerprint density at radius 2 is 1.89 bits per heavy atom. The number of fused-ring (bicyclic) bond motifs is 1. The van der Waals surface area contributed by atoms with E-state index < -0.39 is 22.8 Å². The average molecular weight is 493 g/mol. The molecule has 6 N–H and O–H groups in total. The molecule has 4 aromatic rings. The maximum atomic E-state index is 15.0. The van der Waals surface area contributed by atoms with Crippen molar-refractivity contribution in [3.05, 3.63) is 84.3 Å². The van der Waals surface area contributed by atoms with Crippen LogP contribution in [0, 0.1) is 0 Å². The molecular formula is C25H21FN4O4S. The number of pyridine rings is 1. The van der Waals surface area contributed by atoms with Crippen LogP contribution >= 0.6 is 0 Å². The van der Waals surface area contributed by atoms with Gasteiger partial charge in [0.1, 0.15) is 11.6 Å². The van der Waals surface area contributed by atoms with Gasteiger partial charge in [0.05, 0.1) is 10.6 Å². The highest BCUT2D eigenvalue weighted by Gasteiger charge is 2.18. The van der Waals surface area contributed by atoms with Crippen molar-refractivity contribution in [3.63, 3.8) is 0 Å². The summed E-state index contributed by atoms with van der Waals surface area (Å²) in [6.07, 6.45) is 1.58. The maximum Gasteiger partial charge on any atom is 0.284 e. The Morgan fingerprint density at radius 1 is 1.11 bits per heavy atom. The highest BCUT2D eigenvalue weighted by atomic mass is 32.2. The van der Waals surface area contributed by atoms with E-state index in [4.69, 9.17) is 11.6 Å². The number of anilines is 2. The molecule has 35 heavy (non-hydrogen) atoms. The Kier molecular flexibility index (Phi) is 6.87. The van der Waals surface area contributed by atoms with Gasteiger partial charge in [-0.3, -0.25) is 4.79 Å². The summed E-state index contributed by atoms with van der Waals surface area (Å²) < 4.78 is 31.5. The Labute approximate surface area is 202 Å². The van der Waals surface area contributed by atoms with E-state index in [1.54, 1.807) is 60.8 Å². The van der Waals surface area contributed by atoms with E-state index in [1.165, 1.54) is 19.1 Å². The molecule has 10 heteroatoms. The van der Waals surface area contributed by atoms with E-state index in [9.17, 15) is 18.5 Å². The summed E-state index contributed by atoms with van der Waals surface area (Å²) in [7, 11) is 0. The lowest BCUT2D eigenvalue weighted by Gasteiger charge is -2.12. The SMILES string of the molecule is C/C(=C(\F)C(=O)Nc1ccc(-c2ccccc2S(=O)ON)cc1O)c1ccc2ccnc(N)c2c1. The van der Waals surface area contributed by atoms with Crippen LogP contribution in [0.1, 0.15) is 12.5 Å². The predicted octanol–water partition coefficient (Wildman–Crippen LogP) is 4.44. The van der Waals surface area contributed by atoms with E-state index in [-0.39, 0.29) is 17.0 Å². The van der Waals surface area contributed by atoms with Crippen molar-refractivity contribution in [3.8, 4) is 16.9 Å². The molecule has 1 heterocycles. The zero-order valence-electron chi connectivity index (χ0n) is 18.5. The van der Waals surface area contributed by atoms with Crippen molar-refractivity contribution >= 4 is 44.8 Å². The van der Waals surface area contributed by atoms with Gasteiger partial charge in [0.15, 0.2) is 5.83 Å². The molecule has 0 aliphatic heterocycles. The van der Waals surface area contributed by atoms with Gasteiger partial charge in [-0.25, -0.2) is 13.6 Å². The first-order chi connectivity index (χ1) is 16.8. The first kappa shape index (κ1) is 24.0. The van der Waals surface area contributed by atoms with Crippen LogP contribution < -0.4 is 16.9 Å². The van der Waals surface area contributed by atoms with Crippen molar-refractivity contribution in [2.75, 3.05) is 11.1 Å². The van der Waals surface area contributed by atoms with Crippen LogP contribution in [0.2, 0.25) is 0 Å². The van der Waals surface area contributed by atoms with E-state index in [0.29, 0.717) is 32.8 Å². The lowest BCUT2D eigenvalue weighted by Crippen LogP contribution is -2.13. The van der Waals surface area contributed by atoms with E-state index in [1.807, 2.05) is 0 Å². The number of benzene rings is 3. The highest BCUT2D eigenvalue weighted by molar-refractivity contribution is 7.80. The van der Waals surface area contributed by atoms with Gasteiger partial charge in [-0.2, -0.15) is 10.2 Å². The number of amides is 1.